The molecule has 3 rings (SSSR count). The maximum absolute atomic E-state index is 11.4. The van der Waals surface area contributed by atoms with Crippen LogP contribution in [-0.2, 0) is 4.79 Å². The monoisotopic (exact) mass is 337 g/mol. The zero-order valence-corrected chi connectivity index (χ0v) is 13.4. The van der Waals surface area contributed by atoms with Crippen molar-refractivity contribution in [3.63, 3.8) is 0 Å². The smallest absolute Gasteiger partial charge is 0.251 e. The summed E-state index contributed by atoms with van der Waals surface area (Å²) in [7, 11) is 0. The third-order valence-electron chi connectivity index (χ3n) is 3.82. The van der Waals surface area contributed by atoms with Crippen LogP contribution in [-0.4, -0.2) is 34.7 Å². The topological polar surface area (TPSA) is 79.5 Å². The maximum atomic E-state index is 11.4. The van der Waals surface area contributed by atoms with Crippen molar-refractivity contribution in [1.82, 2.24) is 4.98 Å². The molecule has 1 fully saturated rings. The summed E-state index contributed by atoms with van der Waals surface area (Å²) in [5.41, 5.74) is 4.88. The van der Waals surface area contributed by atoms with E-state index in [-0.39, 0.29) is 6.54 Å². The lowest BCUT2D eigenvalue weighted by atomic mass is 9.92. The molecule has 1 unspecified atom stereocenters. The summed E-state index contributed by atoms with van der Waals surface area (Å²) in [5, 5.41) is 11.8. The van der Waals surface area contributed by atoms with E-state index in [4.69, 9.17) is 17.3 Å². The number of benzene rings is 1. The van der Waals surface area contributed by atoms with Crippen LogP contribution in [0.5, 0.6) is 0 Å². The second kappa shape index (κ2) is 5.87. The molecular formula is C15H16ClN3O2S. The highest BCUT2D eigenvalue weighted by atomic mass is 35.5. The van der Waals surface area contributed by atoms with E-state index < -0.39 is 11.5 Å². The first-order valence-corrected chi connectivity index (χ1v) is 8.16. The van der Waals surface area contributed by atoms with Gasteiger partial charge in [-0.25, -0.2) is 4.98 Å². The first kappa shape index (κ1) is 15.3. The Bertz CT molecular complexity index is 688. The minimum Gasteiger partial charge on any atom is -0.378 e. The molecule has 3 N–H and O–H groups in total. The molecular weight excluding hydrogens is 322 g/mol. The highest BCUT2D eigenvalue weighted by Crippen LogP contribution is 2.34. The lowest BCUT2D eigenvalue weighted by Gasteiger charge is -2.36. The molecule has 5 nitrogen and oxygen atoms in total. The first-order chi connectivity index (χ1) is 10.5. The molecule has 1 amide bonds. The lowest BCUT2D eigenvalue weighted by molar-refractivity contribution is -0.137. The number of aliphatic hydroxyl groups is 1. The number of rotatable bonds is 3. The minimum atomic E-state index is -1.47. The van der Waals surface area contributed by atoms with Gasteiger partial charge in [0.25, 0.3) is 5.91 Å². The van der Waals surface area contributed by atoms with Crippen LogP contribution in [0.25, 0.3) is 10.4 Å². The molecule has 1 aliphatic rings. The standard InChI is InChI=1S/C15H16ClN3O2S/c16-11-4-2-10(3-5-11)12-8-18-14(22-12)19-7-1-6-15(21,9-19)13(17)20/h2-5,8,21H,1,6-7,9H2,(H2,17,20). The molecule has 2 aromatic rings. The number of halogens is 1. The van der Waals surface area contributed by atoms with Crippen LogP contribution in [0.3, 0.4) is 0 Å². The Labute approximate surface area is 137 Å². The van der Waals surface area contributed by atoms with Crippen LogP contribution in [0.1, 0.15) is 12.8 Å². The normalized spacial score (nSPS) is 21.8. The number of piperidine rings is 1. The highest BCUT2D eigenvalue weighted by molar-refractivity contribution is 7.18. The van der Waals surface area contributed by atoms with Crippen LogP contribution in [0.15, 0.2) is 30.5 Å². The number of thiazole rings is 1. The number of β-amino-alcohol motifs (C(OH)–C–C–N with tert-alkyl or cyclic N) is 1. The van der Waals surface area contributed by atoms with E-state index in [1.165, 1.54) is 11.3 Å². The number of nitrogens with zero attached hydrogens (tertiary/aromatic N) is 2. The summed E-state index contributed by atoms with van der Waals surface area (Å²) >= 11 is 7.41. The predicted octanol–water partition coefficient (Wildman–Crippen LogP) is 2.28. The van der Waals surface area contributed by atoms with Gasteiger partial charge in [-0.2, -0.15) is 0 Å². The Balaban J connectivity index is 1.81. The largest absolute Gasteiger partial charge is 0.378 e. The summed E-state index contributed by atoms with van der Waals surface area (Å²) in [5.74, 6) is -0.674. The third-order valence-corrected chi connectivity index (χ3v) is 5.18. The number of amides is 1. The van der Waals surface area contributed by atoms with E-state index in [2.05, 4.69) is 4.98 Å². The average Bonchev–Trinajstić information content (AvgIpc) is 2.98. The van der Waals surface area contributed by atoms with Crippen LogP contribution >= 0.6 is 22.9 Å². The highest BCUT2D eigenvalue weighted by Gasteiger charge is 2.39. The molecule has 1 saturated heterocycles. The molecule has 2 heterocycles. The summed E-state index contributed by atoms with van der Waals surface area (Å²) in [6.45, 7) is 0.944. The fraction of sp³-hybridized carbons (Fsp3) is 0.333. The maximum Gasteiger partial charge on any atom is 0.251 e. The van der Waals surface area contributed by atoms with E-state index >= 15 is 0 Å². The molecule has 1 aromatic carbocycles. The van der Waals surface area contributed by atoms with Gasteiger partial charge in [-0.1, -0.05) is 35.1 Å². The van der Waals surface area contributed by atoms with Gasteiger partial charge in [-0.15, -0.1) is 0 Å². The minimum absolute atomic E-state index is 0.190. The van der Waals surface area contributed by atoms with Gasteiger partial charge in [0.1, 0.15) is 0 Å². The SMILES string of the molecule is NC(=O)C1(O)CCCN(c2ncc(-c3ccc(Cl)cc3)s2)C1. The summed E-state index contributed by atoms with van der Waals surface area (Å²) in [6, 6.07) is 7.55. The van der Waals surface area contributed by atoms with E-state index in [1.54, 1.807) is 6.20 Å². The molecule has 7 heteroatoms. The molecule has 0 bridgehead atoms. The van der Waals surface area contributed by atoms with E-state index in [0.29, 0.717) is 17.9 Å². The van der Waals surface area contributed by atoms with Gasteiger partial charge in [-0.05, 0) is 30.5 Å². The number of anilines is 1. The average molecular weight is 338 g/mol. The number of primary amides is 1. The molecule has 1 atom stereocenters. The van der Waals surface area contributed by atoms with Gasteiger partial charge < -0.3 is 15.7 Å². The molecule has 22 heavy (non-hydrogen) atoms. The Hall–Kier alpha value is -1.63. The molecule has 1 aromatic heterocycles. The fourth-order valence-electron chi connectivity index (χ4n) is 2.56. The molecule has 0 radical (unpaired) electrons. The Morgan fingerprint density at radius 2 is 2.14 bits per heavy atom. The van der Waals surface area contributed by atoms with Gasteiger partial charge in [0.15, 0.2) is 10.7 Å². The van der Waals surface area contributed by atoms with Crippen molar-refractivity contribution in [3.8, 4) is 10.4 Å². The molecule has 0 saturated carbocycles. The van der Waals surface area contributed by atoms with Crippen molar-refractivity contribution in [3.05, 3.63) is 35.5 Å². The second-order valence-electron chi connectivity index (χ2n) is 5.43. The van der Waals surface area contributed by atoms with Crippen LogP contribution in [0.4, 0.5) is 5.13 Å². The number of hydrogen-bond acceptors (Lipinski definition) is 5. The number of aromatic nitrogens is 1. The third kappa shape index (κ3) is 2.95. The molecule has 1 aliphatic heterocycles. The van der Waals surface area contributed by atoms with Gasteiger partial charge in [-0.3, -0.25) is 4.79 Å². The number of carbonyl (C=O) groups excluding carboxylic acids is 1. The lowest BCUT2D eigenvalue weighted by Crippen LogP contribution is -2.56. The van der Waals surface area contributed by atoms with Crippen molar-refractivity contribution in [1.29, 1.82) is 0 Å². The van der Waals surface area contributed by atoms with Gasteiger partial charge >= 0.3 is 0 Å². The number of carbonyl (C=O) groups is 1. The quantitative estimate of drug-likeness (QED) is 0.900. The zero-order chi connectivity index (χ0) is 15.7. The zero-order valence-electron chi connectivity index (χ0n) is 11.8. The Kier molecular flexibility index (Phi) is 4.08. The van der Waals surface area contributed by atoms with Gasteiger partial charge in [0.2, 0.25) is 0 Å². The number of hydrogen-bond donors (Lipinski definition) is 2. The van der Waals surface area contributed by atoms with Crippen molar-refractivity contribution < 1.29 is 9.90 Å². The molecule has 0 aliphatic carbocycles. The van der Waals surface area contributed by atoms with Crippen LogP contribution in [0, 0.1) is 0 Å². The second-order valence-corrected chi connectivity index (χ2v) is 6.88. The molecule has 116 valence electrons. The fourth-order valence-corrected chi connectivity index (χ4v) is 3.63. The van der Waals surface area contributed by atoms with Gasteiger partial charge in [0, 0.05) is 17.8 Å². The van der Waals surface area contributed by atoms with Crippen LogP contribution in [0.2, 0.25) is 5.02 Å². The van der Waals surface area contributed by atoms with Crippen molar-refractivity contribution in [2.75, 3.05) is 18.0 Å². The van der Waals surface area contributed by atoms with Crippen LogP contribution < -0.4 is 10.6 Å². The van der Waals surface area contributed by atoms with Crippen molar-refractivity contribution in [2.24, 2.45) is 5.73 Å². The summed E-state index contributed by atoms with van der Waals surface area (Å²) < 4.78 is 0. The molecule has 0 spiro atoms. The predicted molar refractivity (Wildman–Crippen MR) is 88.2 cm³/mol. The van der Waals surface area contributed by atoms with E-state index in [0.717, 1.165) is 22.1 Å². The summed E-state index contributed by atoms with van der Waals surface area (Å²) in [6.07, 6.45) is 2.89. The first-order valence-electron chi connectivity index (χ1n) is 6.97. The van der Waals surface area contributed by atoms with E-state index in [9.17, 15) is 9.90 Å². The Morgan fingerprint density at radius 1 is 1.41 bits per heavy atom. The van der Waals surface area contributed by atoms with Crippen molar-refractivity contribution in [2.45, 2.75) is 18.4 Å². The number of nitrogens with two attached hydrogens (primary N) is 1. The van der Waals surface area contributed by atoms with E-state index in [1.807, 2.05) is 29.2 Å². The van der Waals surface area contributed by atoms with Gasteiger partial charge in [0.05, 0.1) is 11.4 Å². The summed E-state index contributed by atoms with van der Waals surface area (Å²) in [4.78, 5) is 18.8. The Morgan fingerprint density at radius 3 is 2.82 bits per heavy atom. The van der Waals surface area contributed by atoms with Crippen molar-refractivity contribution >= 4 is 34.0 Å².